The van der Waals surface area contributed by atoms with Crippen molar-refractivity contribution in [3.8, 4) is 0 Å². The smallest absolute Gasteiger partial charge is 0.0931 e. The minimum absolute atomic E-state index is 0.292. The molecule has 19 heavy (non-hydrogen) atoms. The molecular weight excluding hydrogens is 278 g/mol. The minimum Gasteiger partial charge on any atom is -0.309 e. The summed E-state index contributed by atoms with van der Waals surface area (Å²) in [4.78, 5) is 1.30. The first kappa shape index (κ1) is 14.6. The summed E-state index contributed by atoms with van der Waals surface area (Å²) >= 11 is 7.66. The van der Waals surface area contributed by atoms with E-state index in [0.29, 0.717) is 6.04 Å². The highest BCUT2D eigenvalue weighted by molar-refractivity contribution is 7.16. The van der Waals surface area contributed by atoms with E-state index < -0.39 is 0 Å². The molecule has 0 radical (unpaired) electrons. The van der Waals surface area contributed by atoms with Crippen LogP contribution in [0.1, 0.15) is 36.2 Å². The lowest BCUT2D eigenvalue weighted by atomic mass is 10.1. The summed E-state index contributed by atoms with van der Waals surface area (Å²) in [5, 5.41) is 8.08. The van der Waals surface area contributed by atoms with Crippen LogP contribution < -0.4 is 5.32 Å². The highest BCUT2D eigenvalue weighted by Gasteiger charge is 2.17. The first-order valence-corrected chi connectivity index (χ1v) is 7.85. The van der Waals surface area contributed by atoms with E-state index in [4.69, 9.17) is 11.6 Å². The number of aromatic nitrogens is 2. The minimum atomic E-state index is 0.292. The van der Waals surface area contributed by atoms with Crippen LogP contribution in [0.4, 0.5) is 0 Å². The number of nitrogens with zero attached hydrogens (tertiary/aromatic N) is 2. The van der Waals surface area contributed by atoms with Gasteiger partial charge in [-0.15, -0.1) is 11.3 Å². The van der Waals surface area contributed by atoms with Gasteiger partial charge in [0, 0.05) is 17.8 Å². The molecule has 2 rings (SSSR count). The molecule has 0 spiro atoms. The first-order valence-electron chi connectivity index (χ1n) is 6.66. The molecule has 2 aromatic heterocycles. The number of thiophene rings is 1. The zero-order chi connectivity index (χ0) is 13.8. The van der Waals surface area contributed by atoms with Gasteiger partial charge in [0.15, 0.2) is 0 Å². The number of hydrogen-bond acceptors (Lipinski definition) is 3. The highest BCUT2D eigenvalue weighted by Crippen LogP contribution is 2.27. The Kier molecular flexibility index (Phi) is 5.02. The quantitative estimate of drug-likeness (QED) is 0.878. The van der Waals surface area contributed by atoms with Crippen molar-refractivity contribution < 1.29 is 0 Å². The van der Waals surface area contributed by atoms with Crippen molar-refractivity contribution >= 4 is 22.9 Å². The summed E-state index contributed by atoms with van der Waals surface area (Å²) in [6.07, 6.45) is 0.955. The molecule has 1 N–H and O–H groups in total. The molecule has 0 aliphatic carbocycles. The van der Waals surface area contributed by atoms with E-state index in [1.54, 1.807) is 11.3 Å². The van der Waals surface area contributed by atoms with Crippen molar-refractivity contribution in [1.29, 1.82) is 0 Å². The van der Waals surface area contributed by atoms with Gasteiger partial charge in [-0.05, 0) is 38.6 Å². The number of aryl methyl sites for hydroxylation is 2. The van der Waals surface area contributed by atoms with Crippen LogP contribution >= 0.6 is 22.9 Å². The fourth-order valence-electron chi connectivity index (χ4n) is 2.29. The Bertz CT molecular complexity index is 533. The zero-order valence-corrected chi connectivity index (χ0v) is 13.2. The summed E-state index contributed by atoms with van der Waals surface area (Å²) in [7, 11) is 0. The van der Waals surface area contributed by atoms with Gasteiger partial charge in [-0.3, -0.25) is 4.68 Å². The van der Waals surface area contributed by atoms with Crippen LogP contribution in [0.5, 0.6) is 0 Å². The molecule has 0 saturated heterocycles. The SMILES string of the molecule is CCNC(Cc1ccc(Cl)s1)c1cc(C)nn1CC. The number of rotatable bonds is 6. The molecule has 0 bridgehead atoms. The van der Waals surface area contributed by atoms with Gasteiger partial charge in [-0.2, -0.15) is 5.10 Å². The molecule has 0 aliphatic heterocycles. The second-order valence-corrected chi connectivity index (χ2v) is 6.35. The number of likely N-dealkylation sites (N-methyl/N-ethyl adjacent to an activating group) is 1. The third-order valence-electron chi connectivity index (χ3n) is 3.07. The van der Waals surface area contributed by atoms with Crippen LogP contribution in [-0.4, -0.2) is 16.3 Å². The van der Waals surface area contributed by atoms with Crippen molar-refractivity contribution in [3.05, 3.63) is 38.8 Å². The summed E-state index contributed by atoms with van der Waals surface area (Å²) < 4.78 is 2.93. The van der Waals surface area contributed by atoms with Crippen LogP contribution in [-0.2, 0) is 13.0 Å². The van der Waals surface area contributed by atoms with Gasteiger partial charge in [-0.1, -0.05) is 18.5 Å². The number of halogens is 1. The molecule has 2 heterocycles. The zero-order valence-electron chi connectivity index (χ0n) is 11.6. The van der Waals surface area contributed by atoms with Gasteiger partial charge in [-0.25, -0.2) is 0 Å². The van der Waals surface area contributed by atoms with Crippen molar-refractivity contribution in [2.45, 2.75) is 39.8 Å². The summed E-state index contributed by atoms with van der Waals surface area (Å²) in [6.45, 7) is 8.14. The van der Waals surface area contributed by atoms with Gasteiger partial charge >= 0.3 is 0 Å². The Morgan fingerprint density at radius 2 is 2.21 bits per heavy atom. The number of hydrogen-bond donors (Lipinski definition) is 1. The lowest BCUT2D eigenvalue weighted by Gasteiger charge is -2.18. The van der Waals surface area contributed by atoms with Gasteiger partial charge in [0.1, 0.15) is 0 Å². The van der Waals surface area contributed by atoms with Crippen molar-refractivity contribution in [2.75, 3.05) is 6.54 Å². The molecule has 5 heteroatoms. The third-order valence-corrected chi connectivity index (χ3v) is 4.33. The Hall–Kier alpha value is -0.840. The van der Waals surface area contributed by atoms with E-state index in [-0.39, 0.29) is 0 Å². The largest absolute Gasteiger partial charge is 0.309 e. The van der Waals surface area contributed by atoms with Gasteiger partial charge in [0.25, 0.3) is 0 Å². The van der Waals surface area contributed by atoms with E-state index in [1.807, 2.05) is 13.0 Å². The average molecular weight is 298 g/mol. The fraction of sp³-hybridized carbons (Fsp3) is 0.500. The average Bonchev–Trinajstić information content (AvgIpc) is 2.94. The van der Waals surface area contributed by atoms with Crippen LogP contribution in [0.2, 0.25) is 4.34 Å². The Labute approximate surface area is 123 Å². The summed E-state index contributed by atoms with van der Waals surface area (Å²) in [5.41, 5.74) is 2.33. The van der Waals surface area contributed by atoms with E-state index >= 15 is 0 Å². The second kappa shape index (κ2) is 6.55. The van der Waals surface area contributed by atoms with Crippen LogP contribution in [0.25, 0.3) is 0 Å². The maximum atomic E-state index is 6.01. The Morgan fingerprint density at radius 1 is 1.42 bits per heavy atom. The molecule has 3 nitrogen and oxygen atoms in total. The van der Waals surface area contributed by atoms with E-state index in [9.17, 15) is 0 Å². The van der Waals surface area contributed by atoms with Gasteiger partial charge < -0.3 is 5.32 Å². The fourth-order valence-corrected chi connectivity index (χ4v) is 3.42. The van der Waals surface area contributed by atoms with Crippen molar-refractivity contribution in [1.82, 2.24) is 15.1 Å². The maximum Gasteiger partial charge on any atom is 0.0931 e. The second-order valence-electron chi connectivity index (χ2n) is 4.55. The first-order chi connectivity index (χ1) is 9.13. The molecule has 0 amide bonds. The standard InChI is InChI=1S/C14H20ClN3S/c1-4-16-12(9-11-6-7-14(15)19-11)13-8-10(3)17-18(13)5-2/h6-8,12,16H,4-5,9H2,1-3H3. The Balaban J connectivity index is 2.23. The van der Waals surface area contributed by atoms with Crippen molar-refractivity contribution in [2.24, 2.45) is 0 Å². The van der Waals surface area contributed by atoms with Crippen LogP contribution in [0.15, 0.2) is 18.2 Å². The lowest BCUT2D eigenvalue weighted by molar-refractivity contribution is 0.492. The van der Waals surface area contributed by atoms with Crippen LogP contribution in [0.3, 0.4) is 0 Å². The van der Waals surface area contributed by atoms with Gasteiger partial charge in [0.05, 0.1) is 21.8 Å². The van der Waals surface area contributed by atoms with Crippen LogP contribution in [0, 0.1) is 6.92 Å². The van der Waals surface area contributed by atoms with E-state index in [1.165, 1.54) is 10.6 Å². The predicted octanol–water partition coefficient (Wildman–Crippen LogP) is 3.82. The van der Waals surface area contributed by atoms with Crippen molar-refractivity contribution in [3.63, 3.8) is 0 Å². The maximum absolute atomic E-state index is 6.01. The van der Waals surface area contributed by atoms with E-state index in [2.05, 4.69) is 41.1 Å². The molecule has 0 aromatic carbocycles. The summed E-state index contributed by atoms with van der Waals surface area (Å²) in [6, 6.07) is 6.54. The normalized spacial score (nSPS) is 12.8. The highest BCUT2D eigenvalue weighted by atomic mass is 35.5. The topological polar surface area (TPSA) is 29.9 Å². The molecule has 1 atom stereocenters. The molecule has 2 aromatic rings. The third kappa shape index (κ3) is 3.59. The molecule has 0 fully saturated rings. The molecular formula is C14H20ClN3S. The predicted molar refractivity (Wildman–Crippen MR) is 82.1 cm³/mol. The number of nitrogens with one attached hydrogen (secondary N) is 1. The Morgan fingerprint density at radius 3 is 2.79 bits per heavy atom. The summed E-state index contributed by atoms with van der Waals surface area (Å²) in [5.74, 6) is 0. The molecule has 0 saturated carbocycles. The lowest BCUT2D eigenvalue weighted by Crippen LogP contribution is -2.25. The monoisotopic (exact) mass is 297 g/mol. The molecule has 1 unspecified atom stereocenters. The van der Waals surface area contributed by atoms with Gasteiger partial charge in [0.2, 0.25) is 0 Å². The molecule has 0 aliphatic rings. The van der Waals surface area contributed by atoms with E-state index in [0.717, 1.165) is 29.5 Å². The molecule has 104 valence electrons.